The van der Waals surface area contributed by atoms with Crippen LogP contribution in [-0.2, 0) is 5.75 Å². The molecule has 2 heterocycles. The second-order valence-electron chi connectivity index (χ2n) is 6.65. The van der Waals surface area contributed by atoms with Crippen LogP contribution in [0, 0.1) is 5.92 Å². The molecule has 1 aliphatic heterocycles. The van der Waals surface area contributed by atoms with Gasteiger partial charge in [-0.05, 0) is 36.1 Å². The molecule has 1 amide bonds. The number of hydrogen-bond acceptors (Lipinski definition) is 3. The van der Waals surface area contributed by atoms with E-state index in [-0.39, 0.29) is 5.91 Å². The van der Waals surface area contributed by atoms with Crippen LogP contribution >= 0.6 is 11.8 Å². The monoisotopic (exact) mass is 351 g/mol. The van der Waals surface area contributed by atoms with Crippen LogP contribution in [0.25, 0.3) is 11.0 Å². The third-order valence-corrected chi connectivity index (χ3v) is 5.61. The number of likely N-dealkylation sites (tertiary alicyclic amines) is 1. The largest absolute Gasteiger partial charge is 0.338 e. The summed E-state index contributed by atoms with van der Waals surface area (Å²) < 4.78 is 0. The van der Waals surface area contributed by atoms with Gasteiger partial charge in [-0.25, -0.2) is 4.98 Å². The number of nitrogens with one attached hydrogen (secondary N) is 1. The third kappa shape index (κ3) is 3.42. The molecule has 0 aliphatic carbocycles. The molecule has 0 spiro atoms. The lowest BCUT2D eigenvalue weighted by atomic mass is 10.1. The van der Waals surface area contributed by atoms with Crippen molar-refractivity contribution in [3.63, 3.8) is 0 Å². The summed E-state index contributed by atoms with van der Waals surface area (Å²) in [5, 5.41) is 0.887. The van der Waals surface area contributed by atoms with Gasteiger partial charge in [0.1, 0.15) is 0 Å². The summed E-state index contributed by atoms with van der Waals surface area (Å²) in [5.74, 6) is 1.48. The van der Waals surface area contributed by atoms with Crippen molar-refractivity contribution >= 4 is 28.7 Å². The van der Waals surface area contributed by atoms with Crippen LogP contribution in [-0.4, -0.2) is 33.9 Å². The van der Waals surface area contributed by atoms with Gasteiger partial charge in [0.25, 0.3) is 5.91 Å². The van der Waals surface area contributed by atoms with Crippen molar-refractivity contribution in [1.82, 2.24) is 14.9 Å². The lowest BCUT2D eigenvalue weighted by Crippen LogP contribution is -2.29. The zero-order valence-electron chi connectivity index (χ0n) is 14.2. The molecule has 0 bridgehead atoms. The molecule has 5 heteroatoms. The summed E-state index contributed by atoms with van der Waals surface area (Å²) in [6.07, 6.45) is 1.10. The molecule has 1 fully saturated rings. The summed E-state index contributed by atoms with van der Waals surface area (Å²) in [4.78, 5) is 22.8. The van der Waals surface area contributed by atoms with E-state index >= 15 is 0 Å². The van der Waals surface area contributed by atoms with Crippen LogP contribution in [0.3, 0.4) is 0 Å². The fourth-order valence-corrected chi connectivity index (χ4v) is 4.18. The lowest BCUT2D eigenvalue weighted by molar-refractivity contribution is 0.0787. The van der Waals surface area contributed by atoms with Gasteiger partial charge in [-0.2, -0.15) is 0 Å². The van der Waals surface area contributed by atoms with Crippen LogP contribution in [0.4, 0.5) is 0 Å². The Morgan fingerprint density at radius 2 is 2.04 bits per heavy atom. The number of hydrogen-bond donors (Lipinski definition) is 1. The second kappa shape index (κ2) is 6.92. The Labute approximate surface area is 151 Å². The lowest BCUT2D eigenvalue weighted by Gasteiger charge is -2.18. The fraction of sp³-hybridized carbons (Fsp3) is 0.300. The number of imidazole rings is 1. The topological polar surface area (TPSA) is 49.0 Å². The number of carbonyl (C=O) groups is 1. The molecule has 1 aromatic heterocycles. The Morgan fingerprint density at radius 3 is 2.84 bits per heavy atom. The van der Waals surface area contributed by atoms with E-state index in [9.17, 15) is 4.79 Å². The van der Waals surface area contributed by atoms with Gasteiger partial charge in [0.2, 0.25) is 0 Å². The maximum atomic E-state index is 12.9. The Balaban J connectivity index is 1.51. The summed E-state index contributed by atoms with van der Waals surface area (Å²) in [5.41, 5.74) is 3.90. The van der Waals surface area contributed by atoms with Crippen molar-refractivity contribution in [2.75, 3.05) is 13.1 Å². The molecular formula is C20H21N3OS. The van der Waals surface area contributed by atoms with Crippen LogP contribution in [0.15, 0.2) is 53.7 Å². The van der Waals surface area contributed by atoms with Crippen LogP contribution in [0.2, 0.25) is 0 Å². The van der Waals surface area contributed by atoms with Gasteiger partial charge >= 0.3 is 0 Å². The van der Waals surface area contributed by atoms with Gasteiger partial charge in [-0.3, -0.25) is 4.79 Å². The summed E-state index contributed by atoms with van der Waals surface area (Å²) in [6.45, 7) is 3.94. The highest BCUT2D eigenvalue weighted by Gasteiger charge is 2.25. The van der Waals surface area contributed by atoms with Gasteiger partial charge in [0.15, 0.2) is 5.16 Å². The molecular weight excluding hydrogens is 330 g/mol. The highest BCUT2D eigenvalue weighted by atomic mass is 32.2. The van der Waals surface area contributed by atoms with Crippen molar-refractivity contribution in [2.45, 2.75) is 24.3 Å². The average molecular weight is 351 g/mol. The van der Waals surface area contributed by atoms with Crippen molar-refractivity contribution in [3.05, 3.63) is 59.7 Å². The third-order valence-electron chi connectivity index (χ3n) is 4.69. The summed E-state index contributed by atoms with van der Waals surface area (Å²) in [6, 6.07) is 15.9. The van der Waals surface area contributed by atoms with Crippen molar-refractivity contribution in [2.24, 2.45) is 5.92 Å². The SMILES string of the molecule is C[C@H]1CCN(C(=O)c2ccccc2CSc2nc3ccccc3[nH]2)C1. The Bertz CT molecular complexity index is 872. The number of para-hydroxylation sites is 2. The van der Waals surface area contributed by atoms with Gasteiger partial charge < -0.3 is 9.88 Å². The van der Waals surface area contributed by atoms with E-state index in [1.54, 1.807) is 11.8 Å². The predicted octanol–water partition coefficient (Wildman–Crippen LogP) is 4.34. The Kier molecular flexibility index (Phi) is 4.49. The number of nitrogens with zero attached hydrogens (tertiary/aromatic N) is 2. The Hall–Kier alpha value is -2.27. The molecule has 3 aromatic rings. The van der Waals surface area contributed by atoms with E-state index in [0.717, 1.165) is 52.6 Å². The van der Waals surface area contributed by atoms with E-state index in [0.29, 0.717) is 5.92 Å². The smallest absolute Gasteiger partial charge is 0.254 e. The van der Waals surface area contributed by atoms with Crippen LogP contribution in [0.5, 0.6) is 0 Å². The maximum absolute atomic E-state index is 12.9. The molecule has 0 unspecified atom stereocenters. The van der Waals surface area contributed by atoms with Gasteiger partial charge in [0, 0.05) is 24.4 Å². The predicted molar refractivity (Wildman–Crippen MR) is 102 cm³/mol. The molecule has 25 heavy (non-hydrogen) atoms. The molecule has 2 aromatic carbocycles. The first-order valence-corrected chi connectivity index (χ1v) is 9.64. The first kappa shape index (κ1) is 16.2. The fourth-order valence-electron chi connectivity index (χ4n) is 3.29. The van der Waals surface area contributed by atoms with Crippen molar-refractivity contribution < 1.29 is 4.79 Å². The molecule has 1 atom stereocenters. The van der Waals surface area contributed by atoms with E-state index < -0.39 is 0 Å². The molecule has 0 saturated carbocycles. The molecule has 1 N–H and O–H groups in total. The molecule has 1 aliphatic rings. The molecule has 0 radical (unpaired) electrons. The molecule has 4 rings (SSSR count). The highest BCUT2D eigenvalue weighted by molar-refractivity contribution is 7.98. The normalized spacial score (nSPS) is 17.3. The summed E-state index contributed by atoms with van der Waals surface area (Å²) in [7, 11) is 0. The van der Waals surface area contributed by atoms with Crippen LogP contribution in [0.1, 0.15) is 29.3 Å². The highest BCUT2D eigenvalue weighted by Crippen LogP contribution is 2.26. The van der Waals surface area contributed by atoms with Gasteiger partial charge in [0.05, 0.1) is 11.0 Å². The maximum Gasteiger partial charge on any atom is 0.254 e. The zero-order chi connectivity index (χ0) is 17.2. The van der Waals surface area contributed by atoms with E-state index in [1.165, 1.54) is 0 Å². The molecule has 1 saturated heterocycles. The quantitative estimate of drug-likeness (QED) is 0.712. The summed E-state index contributed by atoms with van der Waals surface area (Å²) >= 11 is 1.64. The average Bonchev–Trinajstić information content (AvgIpc) is 3.25. The minimum absolute atomic E-state index is 0.158. The number of carbonyl (C=O) groups excluding carboxylic acids is 1. The number of aromatic nitrogens is 2. The number of aromatic amines is 1. The van der Waals surface area contributed by atoms with Crippen LogP contribution < -0.4 is 0 Å². The number of benzene rings is 2. The second-order valence-corrected chi connectivity index (χ2v) is 7.61. The van der Waals surface area contributed by atoms with Gasteiger partial charge in [-0.1, -0.05) is 49.0 Å². The van der Waals surface area contributed by atoms with Gasteiger partial charge in [-0.15, -0.1) is 0 Å². The van der Waals surface area contributed by atoms with E-state index in [2.05, 4.69) is 16.9 Å². The number of fused-ring (bicyclic) bond motifs is 1. The number of H-pyrrole nitrogens is 1. The number of amides is 1. The molecule has 128 valence electrons. The minimum atomic E-state index is 0.158. The standard InChI is InChI=1S/C20H21N3OS/c1-14-10-11-23(12-14)19(24)16-7-3-2-6-15(16)13-25-20-21-17-8-4-5-9-18(17)22-20/h2-9,14H,10-13H2,1H3,(H,21,22)/t14-/m0/s1. The number of thioether (sulfide) groups is 1. The Morgan fingerprint density at radius 1 is 1.24 bits per heavy atom. The van der Waals surface area contributed by atoms with Crippen molar-refractivity contribution in [3.8, 4) is 0 Å². The number of rotatable bonds is 4. The molecule has 4 nitrogen and oxygen atoms in total. The minimum Gasteiger partial charge on any atom is -0.338 e. The van der Waals surface area contributed by atoms with Crippen molar-refractivity contribution in [1.29, 1.82) is 0 Å². The first-order chi connectivity index (χ1) is 12.2. The first-order valence-electron chi connectivity index (χ1n) is 8.65. The zero-order valence-corrected chi connectivity index (χ0v) is 15.1. The van der Waals surface area contributed by atoms with E-state index in [4.69, 9.17) is 0 Å². The van der Waals surface area contributed by atoms with E-state index in [1.807, 2.05) is 53.4 Å².